The van der Waals surface area contributed by atoms with Crippen LogP contribution >= 0.6 is 0 Å². The van der Waals surface area contributed by atoms with Crippen LogP contribution < -0.4 is 4.90 Å². The standard InChI is InChI=1S/C15H15N3O2/c1-3-10-4-5-13-12(6-10)14(19)15(20)18(13)9-11-7-16-17(2)8-11/h4-8H,3,9H2,1-2H3. The van der Waals surface area contributed by atoms with Gasteiger partial charge in [-0.2, -0.15) is 5.10 Å². The maximum absolute atomic E-state index is 12.1. The van der Waals surface area contributed by atoms with Gasteiger partial charge in [0.25, 0.3) is 11.7 Å². The molecule has 1 amide bonds. The molecule has 0 unspecified atom stereocenters. The van der Waals surface area contributed by atoms with Crippen LogP contribution in [0.4, 0.5) is 5.69 Å². The number of Topliss-reactive ketones (excluding diaryl/α,β-unsaturated/α-hetero) is 1. The summed E-state index contributed by atoms with van der Waals surface area (Å²) in [6.07, 6.45) is 4.39. The first-order valence-electron chi connectivity index (χ1n) is 6.56. The summed E-state index contributed by atoms with van der Waals surface area (Å²) >= 11 is 0. The van der Waals surface area contributed by atoms with E-state index in [0.29, 0.717) is 17.8 Å². The molecule has 1 aromatic carbocycles. The summed E-state index contributed by atoms with van der Waals surface area (Å²) in [4.78, 5) is 25.7. The number of aromatic nitrogens is 2. The monoisotopic (exact) mass is 269 g/mol. The van der Waals surface area contributed by atoms with Gasteiger partial charge in [-0.15, -0.1) is 0 Å². The Kier molecular flexibility index (Phi) is 2.89. The zero-order chi connectivity index (χ0) is 14.3. The molecule has 1 aliphatic rings. The molecule has 0 fully saturated rings. The first kappa shape index (κ1) is 12.6. The quantitative estimate of drug-likeness (QED) is 0.797. The van der Waals surface area contributed by atoms with Crippen molar-refractivity contribution in [3.05, 3.63) is 47.3 Å². The highest BCUT2D eigenvalue weighted by atomic mass is 16.2. The van der Waals surface area contributed by atoms with E-state index in [1.165, 1.54) is 4.90 Å². The normalized spacial score (nSPS) is 14.0. The fourth-order valence-corrected chi connectivity index (χ4v) is 2.46. The van der Waals surface area contributed by atoms with Crippen LogP contribution in [0.2, 0.25) is 0 Å². The first-order chi connectivity index (χ1) is 9.60. The van der Waals surface area contributed by atoms with E-state index >= 15 is 0 Å². The second-order valence-corrected chi connectivity index (χ2v) is 4.95. The van der Waals surface area contributed by atoms with Crippen LogP contribution in [0.25, 0.3) is 0 Å². The SMILES string of the molecule is CCc1ccc2c(c1)C(=O)C(=O)N2Cc1cnn(C)c1. The third-order valence-electron chi connectivity index (χ3n) is 3.54. The Morgan fingerprint density at radius 2 is 2.00 bits per heavy atom. The summed E-state index contributed by atoms with van der Waals surface area (Å²) in [6.45, 7) is 2.40. The Morgan fingerprint density at radius 1 is 1.20 bits per heavy atom. The fraction of sp³-hybridized carbons (Fsp3) is 0.267. The molecule has 0 radical (unpaired) electrons. The summed E-state index contributed by atoms with van der Waals surface area (Å²) in [5, 5.41) is 4.08. The van der Waals surface area contributed by atoms with Crippen LogP contribution in [0.5, 0.6) is 0 Å². The highest BCUT2D eigenvalue weighted by molar-refractivity contribution is 6.52. The molecule has 1 aliphatic heterocycles. The molecule has 0 N–H and O–H groups in total. The maximum Gasteiger partial charge on any atom is 0.299 e. The molecule has 1 aromatic heterocycles. The Labute approximate surface area is 116 Å². The van der Waals surface area contributed by atoms with Gasteiger partial charge in [0, 0.05) is 18.8 Å². The maximum atomic E-state index is 12.1. The molecule has 0 saturated carbocycles. The van der Waals surface area contributed by atoms with Gasteiger partial charge in [0.1, 0.15) is 0 Å². The lowest BCUT2D eigenvalue weighted by Gasteiger charge is -2.15. The second kappa shape index (κ2) is 4.59. The van der Waals surface area contributed by atoms with Gasteiger partial charge < -0.3 is 4.90 Å². The lowest BCUT2D eigenvalue weighted by molar-refractivity contribution is -0.114. The second-order valence-electron chi connectivity index (χ2n) is 4.95. The predicted octanol–water partition coefficient (Wildman–Crippen LogP) is 1.71. The van der Waals surface area contributed by atoms with E-state index in [1.807, 2.05) is 38.4 Å². The van der Waals surface area contributed by atoms with Gasteiger partial charge in [0.15, 0.2) is 0 Å². The van der Waals surface area contributed by atoms with Crippen molar-refractivity contribution in [2.75, 3.05) is 4.90 Å². The minimum absolute atomic E-state index is 0.372. The molecule has 102 valence electrons. The van der Waals surface area contributed by atoms with Crippen molar-refractivity contribution in [1.29, 1.82) is 0 Å². The number of hydrogen-bond donors (Lipinski definition) is 0. The summed E-state index contributed by atoms with van der Waals surface area (Å²) in [7, 11) is 1.82. The fourth-order valence-electron chi connectivity index (χ4n) is 2.46. The molecular formula is C15H15N3O2. The van der Waals surface area contributed by atoms with Crippen molar-refractivity contribution in [3.8, 4) is 0 Å². The number of carbonyl (C=O) groups is 2. The minimum Gasteiger partial charge on any atom is -0.300 e. The topological polar surface area (TPSA) is 55.2 Å². The van der Waals surface area contributed by atoms with E-state index in [0.717, 1.165) is 17.5 Å². The number of benzene rings is 1. The molecule has 0 bridgehead atoms. The van der Waals surface area contributed by atoms with Crippen LogP contribution in [0.1, 0.15) is 28.4 Å². The van der Waals surface area contributed by atoms with Gasteiger partial charge in [-0.3, -0.25) is 14.3 Å². The number of aryl methyl sites for hydroxylation is 2. The van der Waals surface area contributed by atoms with Crippen molar-refractivity contribution in [2.24, 2.45) is 7.05 Å². The summed E-state index contributed by atoms with van der Waals surface area (Å²) in [6, 6.07) is 5.63. The molecule has 0 spiro atoms. The van der Waals surface area contributed by atoms with E-state index in [-0.39, 0.29) is 0 Å². The molecule has 3 rings (SSSR count). The van der Waals surface area contributed by atoms with Crippen molar-refractivity contribution in [3.63, 3.8) is 0 Å². The van der Waals surface area contributed by atoms with Gasteiger partial charge in [0.2, 0.25) is 0 Å². The van der Waals surface area contributed by atoms with E-state index in [4.69, 9.17) is 0 Å². The minimum atomic E-state index is -0.461. The Morgan fingerprint density at radius 3 is 2.65 bits per heavy atom. The van der Waals surface area contributed by atoms with Crippen LogP contribution in [-0.4, -0.2) is 21.5 Å². The number of anilines is 1. The zero-order valence-corrected chi connectivity index (χ0v) is 11.5. The van der Waals surface area contributed by atoms with E-state index < -0.39 is 11.7 Å². The zero-order valence-electron chi connectivity index (χ0n) is 11.5. The third-order valence-corrected chi connectivity index (χ3v) is 3.54. The number of fused-ring (bicyclic) bond motifs is 1. The van der Waals surface area contributed by atoms with Gasteiger partial charge in [0.05, 0.1) is 24.0 Å². The summed E-state index contributed by atoms with van der Waals surface area (Å²) in [5.41, 5.74) is 3.17. The number of rotatable bonds is 3. The summed E-state index contributed by atoms with van der Waals surface area (Å²) < 4.78 is 1.68. The molecule has 2 heterocycles. The molecule has 0 aliphatic carbocycles. The lowest BCUT2D eigenvalue weighted by atomic mass is 10.1. The molecule has 5 heteroatoms. The molecule has 0 atom stereocenters. The number of nitrogens with zero attached hydrogens (tertiary/aromatic N) is 3. The number of amides is 1. The van der Waals surface area contributed by atoms with Gasteiger partial charge in [-0.05, 0) is 24.1 Å². The van der Waals surface area contributed by atoms with E-state index in [9.17, 15) is 9.59 Å². The highest BCUT2D eigenvalue weighted by Crippen LogP contribution is 2.31. The van der Waals surface area contributed by atoms with E-state index in [2.05, 4.69) is 5.10 Å². The molecule has 5 nitrogen and oxygen atoms in total. The van der Waals surface area contributed by atoms with E-state index in [1.54, 1.807) is 10.9 Å². The average Bonchev–Trinajstić information content (AvgIpc) is 2.96. The van der Waals surface area contributed by atoms with Gasteiger partial charge in [-0.1, -0.05) is 13.0 Å². The summed E-state index contributed by atoms with van der Waals surface area (Å²) in [5.74, 6) is -0.878. The Hall–Kier alpha value is -2.43. The van der Waals surface area contributed by atoms with Crippen molar-refractivity contribution < 1.29 is 9.59 Å². The first-order valence-corrected chi connectivity index (χ1v) is 6.56. The molecule has 2 aromatic rings. The highest BCUT2D eigenvalue weighted by Gasteiger charge is 2.35. The van der Waals surface area contributed by atoms with Crippen molar-refractivity contribution in [1.82, 2.24) is 9.78 Å². The van der Waals surface area contributed by atoms with Crippen molar-refractivity contribution in [2.45, 2.75) is 19.9 Å². The lowest BCUT2D eigenvalue weighted by Crippen LogP contribution is -2.28. The van der Waals surface area contributed by atoms with Crippen molar-refractivity contribution >= 4 is 17.4 Å². The average molecular weight is 269 g/mol. The van der Waals surface area contributed by atoms with Crippen LogP contribution in [0.15, 0.2) is 30.6 Å². The molecular weight excluding hydrogens is 254 g/mol. The smallest absolute Gasteiger partial charge is 0.299 e. The third kappa shape index (κ3) is 1.91. The predicted molar refractivity (Wildman–Crippen MR) is 74.5 cm³/mol. The number of ketones is 1. The Balaban J connectivity index is 1.98. The van der Waals surface area contributed by atoms with Crippen LogP contribution in [0.3, 0.4) is 0 Å². The van der Waals surface area contributed by atoms with Crippen LogP contribution in [-0.2, 0) is 24.8 Å². The molecule has 0 saturated heterocycles. The molecule has 20 heavy (non-hydrogen) atoms. The van der Waals surface area contributed by atoms with Gasteiger partial charge in [-0.25, -0.2) is 0 Å². The van der Waals surface area contributed by atoms with Gasteiger partial charge >= 0.3 is 0 Å². The van der Waals surface area contributed by atoms with Crippen LogP contribution in [0, 0.1) is 0 Å². The number of carbonyl (C=O) groups excluding carboxylic acids is 2. The Bertz CT molecular complexity index is 703. The largest absolute Gasteiger partial charge is 0.300 e. The number of hydrogen-bond acceptors (Lipinski definition) is 3.